The van der Waals surface area contributed by atoms with Gasteiger partial charge in [-0.25, -0.2) is 4.79 Å². The van der Waals surface area contributed by atoms with Gasteiger partial charge in [-0.05, 0) is 38.0 Å². The molecule has 0 aliphatic carbocycles. The molecule has 0 aromatic carbocycles. The fraction of sp³-hybridized carbons (Fsp3) is 0.760. The predicted octanol–water partition coefficient (Wildman–Crippen LogP) is 1.51. The average Bonchev–Trinajstić information content (AvgIpc) is 2.91. The maximum atomic E-state index is 13.3. The van der Waals surface area contributed by atoms with Crippen LogP contribution < -0.4 is 16.0 Å². The lowest BCUT2D eigenvalue weighted by atomic mass is 9.85. The maximum absolute atomic E-state index is 13.3. The van der Waals surface area contributed by atoms with E-state index in [1.165, 1.54) is 25.9 Å². The minimum atomic E-state index is -1.00. The van der Waals surface area contributed by atoms with E-state index in [9.17, 15) is 28.8 Å². The number of hydrogen-bond donors (Lipinski definition) is 3. The summed E-state index contributed by atoms with van der Waals surface area (Å²) in [5.41, 5.74) is -1.58. The van der Waals surface area contributed by atoms with Crippen molar-refractivity contribution in [2.24, 2.45) is 11.3 Å². The highest BCUT2D eigenvalue weighted by Gasteiger charge is 2.49. The van der Waals surface area contributed by atoms with Crippen molar-refractivity contribution in [1.82, 2.24) is 25.8 Å². The molecule has 0 spiro atoms. The summed E-state index contributed by atoms with van der Waals surface area (Å²) < 4.78 is 0. The van der Waals surface area contributed by atoms with Gasteiger partial charge < -0.3 is 20.9 Å². The van der Waals surface area contributed by atoms with Crippen molar-refractivity contribution in [3.05, 3.63) is 0 Å². The van der Waals surface area contributed by atoms with Crippen LogP contribution in [0, 0.1) is 11.3 Å². The Morgan fingerprint density at radius 1 is 1.00 bits per heavy atom. The van der Waals surface area contributed by atoms with Crippen LogP contribution in [0.3, 0.4) is 0 Å². The first-order valence-corrected chi connectivity index (χ1v) is 13.3. The Morgan fingerprint density at radius 2 is 1.57 bits per heavy atom. The molecule has 12 heteroatoms. The van der Waals surface area contributed by atoms with Crippen molar-refractivity contribution in [2.75, 3.05) is 20.6 Å². The fourth-order valence-corrected chi connectivity index (χ4v) is 4.70. The third-order valence-electron chi connectivity index (χ3n) is 6.34. The molecule has 0 saturated carbocycles. The Bertz CT molecular complexity index is 914. The third-order valence-corrected chi connectivity index (χ3v) is 7.41. The molecular formula is C25H43N5O6S. The molecular weight excluding hydrogens is 498 g/mol. The van der Waals surface area contributed by atoms with Crippen LogP contribution in [0.2, 0.25) is 0 Å². The number of amides is 6. The zero-order chi connectivity index (χ0) is 28.9. The Hall–Kier alpha value is -2.63. The number of nitrogens with one attached hydrogen (secondary N) is 3. The Labute approximate surface area is 224 Å². The van der Waals surface area contributed by atoms with Crippen LogP contribution in [0.5, 0.6) is 0 Å². The molecule has 1 rings (SSSR count). The highest BCUT2D eigenvalue weighted by Crippen LogP contribution is 2.27. The molecule has 6 amide bonds. The number of rotatable bonds is 11. The zero-order valence-electron chi connectivity index (χ0n) is 23.7. The first kappa shape index (κ1) is 32.4. The molecule has 3 N–H and O–H groups in total. The highest BCUT2D eigenvalue weighted by atomic mass is 32.2. The van der Waals surface area contributed by atoms with Crippen molar-refractivity contribution < 1.29 is 28.8 Å². The number of imide groups is 1. The standard InChI is InChI=1S/C25H43N5O6S/c1-14(2)13-16(19(32)28-18(21(34)26-9)24(4,5)6)27-20(33)17(37-15(3)31)11-12-30-22(35)25(7,8)29(10)23(30)36/h14,16-18H,11-13H2,1-10H3,(H,26,34)(H,27,33)(H,28,32)/t16-,17-,18+/m0/s1. The molecule has 1 aliphatic rings. The monoisotopic (exact) mass is 541 g/mol. The lowest BCUT2D eigenvalue weighted by Gasteiger charge is -2.32. The molecule has 0 unspecified atom stereocenters. The van der Waals surface area contributed by atoms with E-state index < -0.39 is 46.1 Å². The van der Waals surface area contributed by atoms with Crippen LogP contribution in [-0.2, 0) is 24.0 Å². The Morgan fingerprint density at radius 3 is 1.97 bits per heavy atom. The molecule has 0 bridgehead atoms. The molecule has 0 aromatic heterocycles. The summed E-state index contributed by atoms with van der Waals surface area (Å²) in [5.74, 6) is -1.76. The summed E-state index contributed by atoms with van der Waals surface area (Å²) in [7, 11) is 3.02. The molecule has 0 radical (unpaired) electrons. The van der Waals surface area contributed by atoms with Crippen LogP contribution in [0.4, 0.5) is 4.79 Å². The lowest BCUT2D eigenvalue weighted by molar-refractivity contribution is -0.134. The summed E-state index contributed by atoms with van der Waals surface area (Å²) in [6.07, 6.45) is 0.345. The minimum absolute atomic E-state index is 0.0380. The van der Waals surface area contributed by atoms with Gasteiger partial charge in [0, 0.05) is 27.6 Å². The number of thioether (sulfide) groups is 1. The van der Waals surface area contributed by atoms with E-state index in [4.69, 9.17) is 0 Å². The van der Waals surface area contributed by atoms with E-state index in [0.29, 0.717) is 6.42 Å². The number of carbonyl (C=O) groups is 6. The molecule has 1 heterocycles. The van der Waals surface area contributed by atoms with Crippen LogP contribution in [0.25, 0.3) is 0 Å². The van der Waals surface area contributed by atoms with Gasteiger partial charge in [-0.15, -0.1) is 0 Å². The first-order chi connectivity index (χ1) is 16.8. The van der Waals surface area contributed by atoms with Crippen molar-refractivity contribution in [2.45, 2.75) is 91.1 Å². The second-order valence-corrected chi connectivity index (χ2v) is 12.7. The van der Waals surface area contributed by atoms with Gasteiger partial charge in [0.15, 0.2) is 5.12 Å². The summed E-state index contributed by atoms with van der Waals surface area (Å²) in [4.78, 5) is 78.5. The summed E-state index contributed by atoms with van der Waals surface area (Å²) in [5, 5.41) is 6.81. The SMILES string of the molecule is CNC(=O)[C@@H](NC(=O)[C@H](CC(C)C)NC(=O)[C@H](CCN1C(=O)N(C)C(C)(C)C1=O)SC(C)=O)C(C)(C)C. The molecule has 1 aliphatic heterocycles. The van der Waals surface area contributed by atoms with Crippen LogP contribution >= 0.6 is 11.8 Å². The van der Waals surface area contributed by atoms with Gasteiger partial charge in [-0.3, -0.25) is 28.9 Å². The van der Waals surface area contributed by atoms with Gasteiger partial charge in [0.2, 0.25) is 17.7 Å². The van der Waals surface area contributed by atoms with Gasteiger partial charge >= 0.3 is 6.03 Å². The summed E-state index contributed by atoms with van der Waals surface area (Å²) >= 11 is 0.784. The van der Waals surface area contributed by atoms with Crippen LogP contribution in [-0.4, -0.2) is 88.1 Å². The smallest absolute Gasteiger partial charge is 0.327 e. The van der Waals surface area contributed by atoms with E-state index in [2.05, 4.69) is 16.0 Å². The molecule has 3 atom stereocenters. The number of urea groups is 1. The number of nitrogens with zero attached hydrogens (tertiary/aromatic N) is 2. The summed E-state index contributed by atoms with van der Waals surface area (Å²) in [6.45, 7) is 13.8. The molecule has 0 aromatic rings. The molecule has 1 saturated heterocycles. The molecule has 11 nitrogen and oxygen atoms in total. The summed E-state index contributed by atoms with van der Waals surface area (Å²) in [6, 6.07) is -2.25. The third kappa shape index (κ3) is 8.44. The first-order valence-electron chi connectivity index (χ1n) is 12.4. The normalized spacial score (nSPS) is 17.9. The second-order valence-electron chi connectivity index (χ2n) is 11.4. The van der Waals surface area contributed by atoms with Gasteiger partial charge in [0.05, 0.1) is 5.25 Å². The average molecular weight is 542 g/mol. The quantitative estimate of drug-likeness (QED) is 0.336. The predicted molar refractivity (Wildman–Crippen MR) is 142 cm³/mol. The number of hydrogen-bond acceptors (Lipinski definition) is 7. The van der Waals surface area contributed by atoms with E-state index in [-0.39, 0.29) is 35.8 Å². The Balaban J connectivity index is 3.08. The van der Waals surface area contributed by atoms with Crippen molar-refractivity contribution >= 4 is 46.5 Å². The largest absolute Gasteiger partial charge is 0.357 e. The van der Waals surface area contributed by atoms with Crippen LogP contribution in [0.15, 0.2) is 0 Å². The van der Waals surface area contributed by atoms with E-state index >= 15 is 0 Å². The van der Waals surface area contributed by atoms with Crippen LogP contribution in [0.1, 0.15) is 68.2 Å². The van der Waals surface area contributed by atoms with Crippen molar-refractivity contribution in [1.29, 1.82) is 0 Å². The van der Waals surface area contributed by atoms with Gasteiger partial charge in [0.1, 0.15) is 17.6 Å². The topological polar surface area (TPSA) is 145 Å². The Kier molecular flexibility index (Phi) is 11.2. The van der Waals surface area contributed by atoms with Gasteiger partial charge in [0.25, 0.3) is 5.91 Å². The van der Waals surface area contributed by atoms with E-state index in [1.54, 1.807) is 13.8 Å². The highest BCUT2D eigenvalue weighted by molar-refractivity contribution is 8.14. The zero-order valence-corrected chi connectivity index (χ0v) is 24.5. The molecule has 37 heavy (non-hydrogen) atoms. The lowest BCUT2D eigenvalue weighted by Crippen LogP contribution is -2.58. The van der Waals surface area contributed by atoms with E-state index in [0.717, 1.165) is 16.7 Å². The second kappa shape index (κ2) is 12.7. The molecule has 1 fully saturated rings. The number of carbonyl (C=O) groups excluding carboxylic acids is 6. The van der Waals surface area contributed by atoms with Crippen molar-refractivity contribution in [3.63, 3.8) is 0 Å². The maximum Gasteiger partial charge on any atom is 0.327 e. The fourth-order valence-electron chi connectivity index (χ4n) is 3.90. The van der Waals surface area contributed by atoms with Gasteiger partial charge in [-0.1, -0.05) is 46.4 Å². The number of likely N-dealkylation sites (N-methyl/N-ethyl adjacent to an activating group) is 2. The molecule has 210 valence electrons. The van der Waals surface area contributed by atoms with Gasteiger partial charge in [-0.2, -0.15) is 0 Å². The minimum Gasteiger partial charge on any atom is -0.357 e. The van der Waals surface area contributed by atoms with Crippen molar-refractivity contribution in [3.8, 4) is 0 Å². The van der Waals surface area contributed by atoms with E-state index in [1.807, 2.05) is 34.6 Å².